The molecule has 0 aliphatic heterocycles. The Labute approximate surface area is 131 Å². The number of carbonyl (C=O) groups excluding carboxylic acids is 1. The smallest absolute Gasteiger partial charge is 0.258 e. The van der Waals surface area contributed by atoms with Crippen molar-refractivity contribution in [1.82, 2.24) is 15.2 Å². The molecule has 1 amide bonds. The third kappa shape index (κ3) is 2.89. The number of amides is 1. The summed E-state index contributed by atoms with van der Waals surface area (Å²) in [6.45, 7) is 3.76. The number of rotatable bonds is 4. The summed E-state index contributed by atoms with van der Waals surface area (Å²) in [4.78, 5) is 17.8. The highest BCUT2D eigenvalue weighted by molar-refractivity contribution is 7.15. The molecule has 22 heavy (non-hydrogen) atoms. The summed E-state index contributed by atoms with van der Waals surface area (Å²) < 4.78 is 5.42. The van der Waals surface area contributed by atoms with Gasteiger partial charge in [0.15, 0.2) is 5.13 Å². The van der Waals surface area contributed by atoms with Crippen LogP contribution in [-0.2, 0) is 6.42 Å². The van der Waals surface area contributed by atoms with Crippen LogP contribution in [0.5, 0.6) is 0 Å². The van der Waals surface area contributed by atoms with E-state index >= 15 is 0 Å². The highest BCUT2D eigenvalue weighted by Crippen LogP contribution is 2.24. The first-order chi connectivity index (χ1) is 10.7. The third-order valence-electron chi connectivity index (χ3n) is 3.05. The third-order valence-corrected chi connectivity index (χ3v) is 4.11. The minimum absolute atomic E-state index is 0.247. The van der Waals surface area contributed by atoms with Gasteiger partial charge in [0.25, 0.3) is 5.91 Å². The van der Waals surface area contributed by atoms with Gasteiger partial charge in [0, 0.05) is 18.0 Å². The van der Waals surface area contributed by atoms with Crippen LogP contribution in [0.25, 0.3) is 11.5 Å². The second-order valence-corrected chi connectivity index (χ2v) is 5.73. The van der Waals surface area contributed by atoms with Gasteiger partial charge in [0.05, 0.1) is 11.1 Å². The zero-order valence-corrected chi connectivity index (χ0v) is 13.0. The fourth-order valence-corrected chi connectivity index (χ4v) is 2.71. The van der Waals surface area contributed by atoms with Crippen molar-refractivity contribution < 1.29 is 9.21 Å². The van der Waals surface area contributed by atoms with Gasteiger partial charge in [-0.1, -0.05) is 19.1 Å². The van der Waals surface area contributed by atoms with Crippen LogP contribution >= 0.6 is 11.3 Å². The number of nitrogens with zero attached hydrogens (tertiary/aromatic N) is 3. The lowest BCUT2D eigenvalue weighted by atomic mass is 10.1. The number of anilines is 1. The van der Waals surface area contributed by atoms with Gasteiger partial charge >= 0.3 is 0 Å². The van der Waals surface area contributed by atoms with E-state index in [2.05, 4.69) is 20.5 Å². The monoisotopic (exact) mass is 314 g/mol. The van der Waals surface area contributed by atoms with Crippen LogP contribution in [0.1, 0.15) is 28.0 Å². The Kier molecular flexibility index (Phi) is 3.97. The molecule has 1 aromatic carbocycles. The molecule has 0 bridgehead atoms. The van der Waals surface area contributed by atoms with Crippen molar-refractivity contribution in [3.63, 3.8) is 0 Å². The van der Waals surface area contributed by atoms with Gasteiger partial charge < -0.3 is 4.42 Å². The standard InChI is InChI=1S/C15H14N4O2S/c1-3-10-8-16-15(22-10)17-13(20)11-6-4-5-7-12(11)14-19-18-9(2)21-14/h4-8H,3H2,1-2H3,(H,16,17,20). The zero-order valence-electron chi connectivity index (χ0n) is 12.2. The molecule has 7 heteroatoms. The minimum Gasteiger partial charge on any atom is -0.421 e. The van der Waals surface area contributed by atoms with Crippen molar-refractivity contribution in [2.24, 2.45) is 0 Å². The average Bonchev–Trinajstić information content (AvgIpc) is 3.16. The Morgan fingerprint density at radius 2 is 2.14 bits per heavy atom. The van der Waals surface area contributed by atoms with Gasteiger partial charge in [-0.15, -0.1) is 21.5 Å². The maximum Gasteiger partial charge on any atom is 0.258 e. The molecule has 0 unspecified atom stereocenters. The quantitative estimate of drug-likeness (QED) is 0.799. The summed E-state index contributed by atoms with van der Waals surface area (Å²) >= 11 is 1.47. The number of hydrogen-bond donors (Lipinski definition) is 1. The maximum atomic E-state index is 12.5. The Balaban J connectivity index is 1.89. The molecular weight excluding hydrogens is 300 g/mol. The van der Waals surface area contributed by atoms with E-state index < -0.39 is 0 Å². The fraction of sp³-hybridized carbons (Fsp3) is 0.200. The summed E-state index contributed by atoms with van der Waals surface area (Å²) in [6, 6.07) is 7.12. The zero-order chi connectivity index (χ0) is 15.5. The molecule has 0 spiro atoms. The van der Waals surface area contributed by atoms with E-state index in [4.69, 9.17) is 4.42 Å². The molecule has 0 fully saturated rings. The van der Waals surface area contributed by atoms with E-state index in [1.165, 1.54) is 11.3 Å². The minimum atomic E-state index is -0.247. The van der Waals surface area contributed by atoms with E-state index in [9.17, 15) is 4.79 Å². The van der Waals surface area contributed by atoms with Crippen molar-refractivity contribution in [3.8, 4) is 11.5 Å². The van der Waals surface area contributed by atoms with Gasteiger partial charge in [-0.3, -0.25) is 10.1 Å². The Morgan fingerprint density at radius 3 is 2.82 bits per heavy atom. The molecule has 6 nitrogen and oxygen atoms in total. The van der Waals surface area contributed by atoms with E-state index in [0.717, 1.165) is 11.3 Å². The predicted molar refractivity (Wildman–Crippen MR) is 83.9 cm³/mol. The molecule has 2 aromatic heterocycles. The molecule has 0 saturated heterocycles. The van der Waals surface area contributed by atoms with E-state index in [-0.39, 0.29) is 5.91 Å². The lowest BCUT2D eigenvalue weighted by Gasteiger charge is -2.05. The number of carbonyl (C=O) groups is 1. The first-order valence-electron chi connectivity index (χ1n) is 6.83. The first-order valence-corrected chi connectivity index (χ1v) is 7.64. The lowest BCUT2D eigenvalue weighted by Crippen LogP contribution is -2.12. The van der Waals surface area contributed by atoms with Gasteiger partial charge in [-0.25, -0.2) is 4.98 Å². The maximum absolute atomic E-state index is 12.5. The van der Waals surface area contributed by atoms with Crippen molar-refractivity contribution in [2.75, 3.05) is 5.32 Å². The Bertz CT molecular complexity index is 809. The topological polar surface area (TPSA) is 80.9 Å². The number of aromatic nitrogens is 3. The molecule has 1 N–H and O–H groups in total. The number of thiazole rings is 1. The molecule has 0 saturated carbocycles. The number of nitrogens with one attached hydrogen (secondary N) is 1. The summed E-state index contributed by atoms with van der Waals surface area (Å²) in [5.41, 5.74) is 1.08. The molecule has 0 aliphatic rings. The Morgan fingerprint density at radius 1 is 1.32 bits per heavy atom. The van der Waals surface area contributed by atoms with E-state index in [0.29, 0.717) is 28.0 Å². The molecule has 0 atom stereocenters. The first kappa shape index (κ1) is 14.4. The highest BCUT2D eigenvalue weighted by atomic mass is 32.1. The molecule has 3 rings (SSSR count). The van der Waals surface area contributed by atoms with Crippen LogP contribution in [0.2, 0.25) is 0 Å². The summed E-state index contributed by atoms with van der Waals surface area (Å²) in [5, 5.41) is 11.2. The van der Waals surface area contributed by atoms with E-state index in [1.54, 1.807) is 31.3 Å². The summed E-state index contributed by atoms with van der Waals surface area (Å²) in [6.07, 6.45) is 2.67. The SMILES string of the molecule is CCc1cnc(NC(=O)c2ccccc2-c2nnc(C)o2)s1. The molecular formula is C15H14N4O2S. The van der Waals surface area contributed by atoms with Crippen LogP contribution in [0.4, 0.5) is 5.13 Å². The van der Waals surface area contributed by atoms with E-state index in [1.807, 2.05) is 13.0 Å². The van der Waals surface area contributed by atoms with Crippen LogP contribution in [0, 0.1) is 6.92 Å². The second kappa shape index (κ2) is 6.07. The number of aryl methyl sites for hydroxylation is 2. The summed E-state index contributed by atoms with van der Waals surface area (Å²) in [5.74, 6) is 0.540. The highest BCUT2D eigenvalue weighted by Gasteiger charge is 2.17. The second-order valence-electron chi connectivity index (χ2n) is 4.61. The molecule has 0 aliphatic carbocycles. The number of hydrogen-bond acceptors (Lipinski definition) is 6. The van der Waals surface area contributed by atoms with Crippen LogP contribution in [-0.4, -0.2) is 21.1 Å². The van der Waals surface area contributed by atoms with Crippen molar-refractivity contribution in [3.05, 3.63) is 46.8 Å². The Hall–Kier alpha value is -2.54. The van der Waals surface area contributed by atoms with Crippen LogP contribution in [0.3, 0.4) is 0 Å². The fourth-order valence-electron chi connectivity index (χ4n) is 1.97. The van der Waals surface area contributed by atoms with Gasteiger partial charge in [-0.2, -0.15) is 0 Å². The van der Waals surface area contributed by atoms with Crippen molar-refractivity contribution in [2.45, 2.75) is 20.3 Å². The predicted octanol–water partition coefficient (Wildman–Crippen LogP) is 3.32. The van der Waals surface area contributed by atoms with Crippen LogP contribution in [0.15, 0.2) is 34.9 Å². The number of benzene rings is 1. The largest absolute Gasteiger partial charge is 0.421 e. The molecule has 2 heterocycles. The normalized spacial score (nSPS) is 10.6. The van der Waals surface area contributed by atoms with Gasteiger partial charge in [0.1, 0.15) is 0 Å². The van der Waals surface area contributed by atoms with Crippen LogP contribution < -0.4 is 5.32 Å². The lowest BCUT2D eigenvalue weighted by molar-refractivity contribution is 0.102. The molecule has 3 aromatic rings. The van der Waals surface area contributed by atoms with Gasteiger partial charge in [-0.05, 0) is 18.6 Å². The van der Waals surface area contributed by atoms with Crippen molar-refractivity contribution in [1.29, 1.82) is 0 Å². The summed E-state index contributed by atoms with van der Waals surface area (Å²) in [7, 11) is 0. The molecule has 112 valence electrons. The average molecular weight is 314 g/mol. The van der Waals surface area contributed by atoms with Gasteiger partial charge in [0.2, 0.25) is 11.8 Å². The molecule has 0 radical (unpaired) electrons. The van der Waals surface area contributed by atoms with Crippen molar-refractivity contribution >= 4 is 22.4 Å².